The lowest BCUT2D eigenvalue weighted by atomic mass is 9.88. The smallest absolute Gasteiger partial charge is 0.328 e. The van der Waals surface area contributed by atoms with Gasteiger partial charge < -0.3 is 20.1 Å². The zero-order valence-electron chi connectivity index (χ0n) is 24.2. The second-order valence-corrected chi connectivity index (χ2v) is 11.8. The van der Waals surface area contributed by atoms with Crippen molar-refractivity contribution >= 4 is 23.6 Å². The van der Waals surface area contributed by atoms with E-state index in [1.165, 1.54) is 0 Å². The van der Waals surface area contributed by atoms with E-state index in [0.29, 0.717) is 44.4 Å². The van der Waals surface area contributed by atoms with Gasteiger partial charge in [0.15, 0.2) is 0 Å². The third-order valence-corrected chi connectivity index (χ3v) is 5.52. The summed E-state index contributed by atoms with van der Waals surface area (Å²) in [6.07, 6.45) is 3.49. The number of carbonyl (C=O) groups excluding carboxylic acids is 4. The molecule has 210 valence electrons. The fourth-order valence-electron chi connectivity index (χ4n) is 3.61. The molecule has 0 aromatic heterocycles. The summed E-state index contributed by atoms with van der Waals surface area (Å²) in [4.78, 5) is 49.4. The molecule has 8 nitrogen and oxygen atoms in total. The molecule has 0 saturated heterocycles. The summed E-state index contributed by atoms with van der Waals surface area (Å²) in [7, 11) is 0. The van der Waals surface area contributed by atoms with Crippen LogP contribution in [0.15, 0.2) is 0 Å². The number of Topliss-reactive ketones (excluding diaryl/α,β-unsaturated/α-hetero) is 1. The Labute approximate surface area is 219 Å². The number of ketones is 1. The molecular formula is C28H52N2O6. The van der Waals surface area contributed by atoms with Crippen molar-refractivity contribution in [2.45, 2.75) is 125 Å². The molecule has 0 aliphatic heterocycles. The molecule has 0 aromatic rings. The van der Waals surface area contributed by atoms with Crippen molar-refractivity contribution in [3.63, 3.8) is 0 Å². The van der Waals surface area contributed by atoms with Crippen LogP contribution in [-0.2, 0) is 28.7 Å². The number of rotatable bonds is 18. The average Bonchev–Trinajstić information content (AvgIpc) is 2.73. The number of esters is 2. The van der Waals surface area contributed by atoms with Crippen molar-refractivity contribution in [2.75, 3.05) is 13.2 Å². The molecule has 2 unspecified atom stereocenters. The summed E-state index contributed by atoms with van der Waals surface area (Å²) < 4.78 is 10.8. The van der Waals surface area contributed by atoms with Gasteiger partial charge in [-0.25, -0.2) is 4.79 Å². The lowest BCUT2D eigenvalue weighted by molar-refractivity contribution is -0.150. The van der Waals surface area contributed by atoms with Crippen LogP contribution < -0.4 is 10.6 Å². The van der Waals surface area contributed by atoms with Gasteiger partial charge in [0.1, 0.15) is 17.9 Å². The van der Waals surface area contributed by atoms with Crippen molar-refractivity contribution in [2.24, 2.45) is 17.3 Å². The zero-order chi connectivity index (χ0) is 27.9. The van der Waals surface area contributed by atoms with E-state index in [9.17, 15) is 19.2 Å². The predicted molar refractivity (Wildman–Crippen MR) is 142 cm³/mol. The Morgan fingerprint density at radius 3 is 1.64 bits per heavy atom. The Morgan fingerprint density at radius 2 is 1.17 bits per heavy atom. The molecule has 0 spiro atoms. The normalized spacial score (nSPS) is 13.6. The number of ether oxygens (including phenoxy) is 2. The number of hydrogen-bond acceptors (Lipinski definition) is 7. The van der Waals surface area contributed by atoms with Crippen molar-refractivity contribution < 1.29 is 28.7 Å². The average molecular weight is 513 g/mol. The highest BCUT2D eigenvalue weighted by Crippen LogP contribution is 2.18. The van der Waals surface area contributed by atoms with Crippen LogP contribution in [0, 0.1) is 17.3 Å². The van der Waals surface area contributed by atoms with Crippen molar-refractivity contribution in [3.05, 3.63) is 0 Å². The SMILES string of the molecule is CC(C)CC(NC(=O)CCCCC(=O)C(C)(C)C)C(=O)OCCCOC(=O)C(CC(C)C)NC(C)C. The lowest BCUT2D eigenvalue weighted by Crippen LogP contribution is -2.43. The summed E-state index contributed by atoms with van der Waals surface area (Å²) in [6, 6.07) is -0.909. The molecule has 8 heteroatoms. The highest BCUT2D eigenvalue weighted by atomic mass is 16.5. The van der Waals surface area contributed by atoms with Gasteiger partial charge >= 0.3 is 11.9 Å². The van der Waals surface area contributed by atoms with Gasteiger partial charge in [-0.2, -0.15) is 0 Å². The van der Waals surface area contributed by atoms with Gasteiger partial charge in [0.05, 0.1) is 13.2 Å². The summed E-state index contributed by atoms with van der Waals surface area (Å²) in [6.45, 7) is 18.0. The first-order valence-corrected chi connectivity index (χ1v) is 13.5. The van der Waals surface area contributed by atoms with E-state index in [-0.39, 0.29) is 60.7 Å². The highest BCUT2D eigenvalue weighted by molar-refractivity contribution is 5.85. The molecule has 0 fully saturated rings. The lowest BCUT2D eigenvalue weighted by Gasteiger charge is -2.22. The number of amides is 1. The van der Waals surface area contributed by atoms with Crippen LogP contribution in [0.5, 0.6) is 0 Å². The Bertz CT molecular complexity index is 672. The fourth-order valence-corrected chi connectivity index (χ4v) is 3.61. The van der Waals surface area contributed by atoms with E-state index in [0.717, 1.165) is 0 Å². The van der Waals surface area contributed by atoms with Crippen molar-refractivity contribution in [1.82, 2.24) is 10.6 Å². The molecule has 1 amide bonds. The number of hydrogen-bond donors (Lipinski definition) is 2. The van der Waals surface area contributed by atoms with Crippen LogP contribution in [0.4, 0.5) is 0 Å². The zero-order valence-corrected chi connectivity index (χ0v) is 24.2. The first kappa shape index (κ1) is 34.0. The topological polar surface area (TPSA) is 111 Å². The standard InChI is InChI=1S/C28H52N2O6/c1-19(2)17-22(29-21(5)6)26(33)35-15-12-16-36-27(34)23(18-20(3)4)30-25(32)14-11-10-13-24(31)28(7,8)9/h19-23,29H,10-18H2,1-9H3,(H,30,32). The molecule has 0 aliphatic rings. The summed E-state index contributed by atoms with van der Waals surface area (Å²) in [5.74, 6) is -0.262. The molecular weight excluding hydrogens is 460 g/mol. The van der Waals surface area contributed by atoms with Crippen LogP contribution in [0.3, 0.4) is 0 Å². The third kappa shape index (κ3) is 16.7. The first-order chi connectivity index (χ1) is 16.6. The maximum Gasteiger partial charge on any atom is 0.328 e. The van der Waals surface area contributed by atoms with Crippen LogP contribution >= 0.6 is 0 Å². The van der Waals surface area contributed by atoms with Crippen LogP contribution in [0.1, 0.15) is 107 Å². The van der Waals surface area contributed by atoms with E-state index in [1.54, 1.807) is 0 Å². The minimum absolute atomic E-state index is 0.109. The van der Waals surface area contributed by atoms with Crippen molar-refractivity contribution in [3.8, 4) is 0 Å². The molecule has 0 bridgehead atoms. The highest BCUT2D eigenvalue weighted by Gasteiger charge is 2.25. The quantitative estimate of drug-likeness (QED) is 0.204. The molecule has 0 aromatic carbocycles. The van der Waals surface area contributed by atoms with E-state index in [4.69, 9.17) is 9.47 Å². The molecule has 0 saturated carbocycles. The third-order valence-electron chi connectivity index (χ3n) is 5.52. The van der Waals surface area contributed by atoms with Gasteiger partial charge in [-0.3, -0.25) is 14.4 Å². The Morgan fingerprint density at radius 1 is 0.694 bits per heavy atom. The van der Waals surface area contributed by atoms with E-state index < -0.39 is 12.0 Å². The predicted octanol–water partition coefficient (Wildman–Crippen LogP) is 4.58. The molecule has 2 N–H and O–H groups in total. The molecule has 36 heavy (non-hydrogen) atoms. The van der Waals surface area contributed by atoms with Gasteiger partial charge in [-0.15, -0.1) is 0 Å². The Kier molecular flexibility index (Phi) is 16.5. The van der Waals surface area contributed by atoms with E-state index >= 15 is 0 Å². The Balaban J connectivity index is 4.48. The van der Waals surface area contributed by atoms with E-state index in [2.05, 4.69) is 24.5 Å². The largest absolute Gasteiger partial charge is 0.464 e. The monoisotopic (exact) mass is 512 g/mol. The maximum absolute atomic E-state index is 12.6. The number of nitrogens with one attached hydrogen (secondary N) is 2. The molecule has 0 heterocycles. The van der Waals surface area contributed by atoms with Crippen LogP contribution in [-0.4, -0.2) is 55.0 Å². The fraction of sp³-hybridized carbons (Fsp3) is 0.857. The molecule has 0 aliphatic carbocycles. The van der Waals surface area contributed by atoms with Gasteiger partial charge in [-0.1, -0.05) is 62.3 Å². The molecule has 2 atom stereocenters. The van der Waals surface area contributed by atoms with Gasteiger partial charge in [0, 0.05) is 30.7 Å². The van der Waals surface area contributed by atoms with Gasteiger partial charge in [-0.05, 0) is 37.5 Å². The number of unbranched alkanes of at least 4 members (excludes halogenated alkanes) is 1. The minimum atomic E-state index is -0.720. The number of carbonyl (C=O) groups is 4. The van der Waals surface area contributed by atoms with Gasteiger partial charge in [0.25, 0.3) is 0 Å². The minimum Gasteiger partial charge on any atom is -0.464 e. The molecule has 0 rings (SSSR count). The second-order valence-electron chi connectivity index (χ2n) is 11.8. The van der Waals surface area contributed by atoms with Crippen LogP contribution in [0.2, 0.25) is 0 Å². The van der Waals surface area contributed by atoms with E-state index in [1.807, 2.05) is 48.5 Å². The van der Waals surface area contributed by atoms with Crippen LogP contribution in [0.25, 0.3) is 0 Å². The maximum atomic E-state index is 12.6. The first-order valence-electron chi connectivity index (χ1n) is 13.5. The summed E-state index contributed by atoms with van der Waals surface area (Å²) in [5.41, 5.74) is -0.368. The summed E-state index contributed by atoms with van der Waals surface area (Å²) in [5, 5.41) is 6.02. The summed E-state index contributed by atoms with van der Waals surface area (Å²) >= 11 is 0. The van der Waals surface area contributed by atoms with Gasteiger partial charge in [0.2, 0.25) is 5.91 Å². The second kappa shape index (κ2) is 17.5. The van der Waals surface area contributed by atoms with Crippen molar-refractivity contribution in [1.29, 1.82) is 0 Å². The Hall–Kier alpha value is -1.96. The molecule has 0 radical (unpaired) electrons.